The third-order valence-corrected chi connectivity index (χ3v) is 6.16. The maximum Gasteiger partial charge on any atom is 0.224 e. The number of benzene rings is 1. The van der Waals surface area contributed by atoms with Gasteiger partial charge in [-0.2, -0.15) is 0 Å². The molecule has 1 N–H and O–H groups in total. The highest BCUT2D eigenvalue weighted by atomic mass is 32.1. The van der Waals surface area contributed by atoms with Gasteiger partial charge in [0, 0.05) is 70.3 Å². The van der Waals surface area contributed by atoms with Crippen LogP contribution in [-0.4, -0.2) is 75.0 Å². The molecule has 0 saturated carbocycles. The van der Waals surface area contributed by atoms with Crippen LogP contribution in [0.4, 0.5) is 5.69 Å². The van der Waals surface area contributed by atoms with E-state index in [4.69, 9.17) is 0 Å². The Balaban J connectivity index is 1.36. The third kappa shape index (κ3) is 6.22. The summed E-state index contributed by atoms with van der Waals surface area (Å²) < 4.78 is 0. The van der Waals surface area contributed by atoms with E-state index in [0.29, 0.717) is 13.0 Å². The van der Waals surface area contributed by atoms with Crippen LogP contribution in [0.5, 0.6) is 0 Å². The van der Waals surface area contributed by atoms with E-state index in [1.165, 1.54) is 10.6 Å². The summed E-state index contributed by atoms with van der Waals surface area (Å²) in [4.78, 5) is 24.7. The Hall–Kier alpha value is -2.54. The number of amides is 1. The van der Waals surface area contributed by atoms with Crippen LogP contribution in [-0.2, 0) is 11.2 Å². The predicted octanol–water partition coefficient (Wildman–Crippen LogP) is 2.54. The normalized spacial score (nSPS) is 14.8. The van der Waals surface area contributed by atoms with Gasteiger partial charge < -0.3 is 20.0 Å². The van der Waals surface area contributed by atoms with Crippen LogP contribution in [0.1, 0.15) is 11.3 Å². The highest BCUT2D eigenvalue weighted by molar-refractivity contribution is 7.09. The van der Waals surface area contributed by atoms with Crippen molar-refractivity contribution in [2.75, 3.05) is 58.3 Å². The van der Waals surface area contributed by atoms with E-state index >= 15 is 0 Å². The highest BCUT2D eigenvalue weighted by Crippen LogP contribution is 2.15. The van der Waals surface area contributed by atoms with Gasteiger partial charge >= 0.3 is 0 Å². The molecule has 0 bridgehead atoms. The number of hydrogen-bond donors (Lipinski definition) is 1. The first-order chi connectivity index (χ1) is 14.2. The van der Waals surface area contributed by atoms with Crippen molar-refractivity contribution in [1.29, 1.82) is 0 Å². The number of anilines is 1. The van der Waals surface area contributed by atoms with Gasteiger partial charge in [-0.15, -0.1) is 11.3 Å². The maximum absolute atomic E-state index is 12.6. The molecule has 2 heterocycles. The number of para-hydroxylation sites is 1. The molecule has 6 nitrogen and oxygen atoms in total. The summed E-state index contributed by atoms with van der Waals surface area (Å²) in [5.41, 5.74) is 1.23. The molecule has 0 spiro atoms. The zero-order chi connectivity index (χ0) is 20.5. The van der Waals surface area contributed by atoms with Crippen LogP contribution in [0.3, 0.4) is 0 Å². The van der Waals surface area contributed by atoms with Gasteiger partial charge in [-0.05, 0) is 30.0 Å². The minimum absolute atomic E-state index is 0.210. The first-order valence-corrected chi connectivity index (χ1v) is 11.1. The van der Waals surface area contributed by atoms with Gasteiger partial charge in [0.25, 0.3) is 0 Å². The molecule has 0 aliphatic carbocycles. The van der Waals surface area contributed by atoms with Crippen molar-refractivity contribution in [2.45, 2.75) is 12.8 Å². The van der Waals surface area contributed by atoms with Gasteiger partial charge in [-0.25, -0.2) is 0 Å². The second-order valence-electron chi connectivity index (χ2n) is 7.18. The summed E-state index contributed by atoms with van der Waals surface area (Å²) in [6.07, 6.45) is 1.49. The maximum atomic E-state index is 12.6. The first kappa shape index (κ1) is 21.2. The predicted molar refractivity (Wildman–Crippen MR) is 122 cm³/mol. The van der Waals surface area contributed by atoms with Gasteiger partial charge in [0.05, 0.1) is 0 Å². The highest BCUT2D eigenvalue weighted by Gasteiger charge is 2.21. The quantitative estimate of drug-likeness (QED) is 0.560. The fraction of sp³-hybridized carbons (Fsp3) is 0.455. The smallest absolute Gasteiger partial charge is 0.224 e. The van der Waals surface area contributed by atoms with Gasteiger partial charge in [0.15, 0.2) is 5.96 Å². The lowest BCUT2D eigenvalue weighted by Crippen LogP contribution is -2.49. The fourth-order valence-electron chi connectivity index (χ4n) is 3.52. The lowest BCUT2D eigenvalue weighted by Gasteiger charge is -2.36. The van der Waals surface area contributed by atoms with Crippen molar-refractivity contribution in [1.82, 2.24) is 15.1 Å². The Morgan fingerprint density at radius 2 is 1.90 bits per heavy atom. The zero-order valence-electron chi connectivity index (χ0n) is 17.4. The molecule has 156 valence electrons. The number of rotatable bonds is 7. The van der Waals surface area contributed by atoms with E-state index in [2.05, 4.69) is 61.9 Å². The van der Waals surface area contributed by atoms with Crippen molar-refractivity contribution in [3.05, 3.63) is 52.7 Å². The van der Waals surface area contributed by atoms with Crippen molar-refractivity contribution in [3.63, 3.8) is 0 Å². The number of guanidine groups is 1. The zero-order valence-corrected chi connectivity index (χ0v) is 18.2. The summed E-state index contributed by atoms with van der Waals surface area (Å²) in [6, 6.07) is 14.6. The van der Waals surface area contributed by atoms with Crippen LogP contribution in [0.25, 0.3) is 0 Å². The molecule has 1 aliphatic rings. The molecule has 7 heteroatoms. The SMILES string of the molecule is CN=C(NCCC(=O)N1CCN(c2ccccc2)CC1)N(C)CCc1cccs1. The van der Waals surface area contributed by atoms with E-state index < -0.39 is 0 Å². The number of carbonyl (C=O) groups excluding carboxylic acids is 1. The van der Waals surface area contributed by atoms with Gasteiger partial charge in [0.2, 0.25) is 5.91 Å². The van der Waals surface area contributed by atoms with Crippen LogP contribution in [0, 0.1) is 0 Å². The number of nitrogens with one attached hydrogen (secondary N) is 1. The van der Waals surface area contributed by atoms with Gasteiger partial charge in [-0.1, -0.05) is 24.3 Å². The molecule has 0 atom stereocenters. The van der Waals surface area contributed by atoms with E-state index in [-0.39, 0.29) is 5.91 Å². The largest absolute Gasteiger partial charge is 0.368 e. The summed E-state index contributed by atoms with van der Waals surface area (Å²) in [5.74, 6) is 1.05. The van der Waals surface area contributed by atoms with E-state index in [1.54, 1.807) is 18.4 Å². The Labute approximate surface area is 177 Å². The monoisotopic (exact) mass is 413 g/mol. The molecule has 2 aromatic rings. The number of thiophene rings is 1. The number of aliphatic imine (C=N–C) groups is 1. The molecule has 1 aromatic heterocycles. The molecule has 0 radical (unpaired) electrons. The average molecular weight is 414 g/mol. The fourth-order valence-corrected chi connectivity index (χ4v) is 4.21. The third-order valence-electron chi connectivity index (χ3n) is 5.22. The standard InChI is InChI=1S/C22H31N5OS/c1-23-22(25(2)13-11-20-9-6-18-29-20)24-12-10-21(28)27-16-14-26(15-17-27)19-7-4-3-5-8-19/h3-9,18H,10-17H2,1-2H3,(H,23,24). The van der Waals surface area contributed by atoms with Crippen LogP contribution in [0.2, 0.25) is 0 Å². The molecule has 0 unspecified atom stereocenters. The minimum atomic E-state index is 0.210. The Bertz CT molecular complexity index is 770. The second kappa shape index (κ2) is 10.9. The number of carbonyl (C=O) groups is 1. The molecule has 1 saturated heterocycles. The van der Waals surface area contributed by atoms with Crippen molar-refractivity contribution < 1.29 is 4.79 Å². The molecule has 1 fully saturated rings. The van der Waals surface area contributed by atoms with Crippen molar-refractivity contribution >= 4 is 28.9 Å². The summed E-state index contributed by atoms with van der Waals surface area (Å²) in [6.45, 7) is 4.84. The van der Waals surface area contributed by atoms with Crippen LogP contribution in [0.15, 0.2) is 52.8 Å². The summed E-state index contributed by atoms with van der Waals surface area (Å²) >= 11 is 1.78. The Morgan fingerprint density at radius 3 is 2.55 bits per heavy atom. The van der Waals surface area contributed by atoms with Crippen LogP contribution < -0.4 is 10.2 Å². The van der Waals surface area contributed by atoms with Crippen molar-refractivity contribution in [3.8, 4) is 0 Å². The Kier molecular flexibility index (Phi) is 7.93. The summed E-state index contributed by atoms with van der Waals surface area (Å²) in [7, 11) is 3.82. The number of hydrogen-bond acceptors (Lipinski definition) is 4. The molecule has 3 rings (SSSR count). The van der Waals surface area contributed by atoms with E-state index in [9.17, 15) is 4.79 Å². The first-order valence-electron chi connectivity index (χ1n) is 10.2. The molecule has 29 heavy (non-hydrogen) atoms. The Morgan fingerprint density at radius 1 is 1.14 bits per heavy atom. The molecule has 1 amide bonds. The van der Waals surface area contributed by atoms with E-state index in [1.807, 2.05) is 18.0 Å². The van der Waals surface area contributed by atoms with Gasteiger partial charge in [0.1, 0.15) is 0 Å². The average Bonchev–Trinajstić information content (AvgIpc) is 3.29. The van der Waals surface area contributed by atoms with Gasteiger partial charge in [-0.3, -0.25) is 9.79 Å². The van der Waals surface area contributed by atoms with E-state index in [0.717, 1.165) is 45.1 Å². The number of nitrogens with zero attached hydrogens (tertiary/aromatic N) is 4. The molecule has 1 aromatic carbocycles. The minimum Gasteiger partial charge on any atom is -0.368 e. The molecular weight excluding hydrogens is 382 g/mol. The summed E-state index contributed by atoms with van der Waals surface area (Å²) in [5, 5.41) is 5.43. The molecular formula is C22H31N5OS. The number of likely N-dealkylation sites (N-methyl/N-ethyl adjacent to an activating group) is 1. The van der Waals surface area contributed by atoms with Crippen molar-refractivity contribution in [2.24, 2.45) is 4.99 Å². The van der Waals surface area contributed by atoms with Crippen LogP contribution >= 0.6 is 11.3 Å². The lowest BCUT2D eigenvalue weighted by molar-refractivity contribution is -0.131. The second-order valence-corrected chi connectivity index (χ2v) is 8.21. The lowest BCUT2D eigenvalue weighted by atomic mass is 10.2. The topological polar surface area (TPSA) is 51.2 Å². The molecule has 1 aliphatic heterocycles. The number of piperazine rings is 1.